The molecule has 0 radical (unpaired) electrons. The van der Waals surface area contributed by atoms with Gasteiger partial charge in [0.05, 0.1) is 12.8 Å². The predicted molar refractivity (Wildman–Crippen MR) is 109 cm³/mol. The quantitative estimate of drug-likeness (QED) is 0.772. The first-order chi connectivity index (χ1) is 14.1. The maximum absolute atomic E-state index is 12.6. The van der Waals surface area contributed by atoms with Crippen molar-refractivity contribution in [1.29, 1.82) is 0 Å². The lowest BCUT2D eigenvalue weighted by atomic mass is 9.97. The smallest absolute Gasteiger partial charge is 0.260 e. The Morgan fingerprint density at radius 2 is 2.00 bits per heavy atom. The molecule has 2 aromatic rings. The van der Waals surface area contributed by atoms with E-state index in [4.69, 9.17) is 14.5 Å². The fraction of sp³-hybridized carbons (Fsp3) is 0.500. The predicted octanol–water partition coefficient (Wildman–Crippen LogP) is 2.26. The minimum atomic E-state index is -0.0237. The molecule has 7 nitrogen and oxygen atoms in total. The van der Waals surface area contributed by atoms with Gasteiger partial charge in [-0.15, -0.1) is 0 Å². The van der Waals surface area contributed by atoms with Crippen LogP contribution in [-0.2, 0) is 17.8 Å². The molecule has 0 bridgehead atoms. The summed E-state index contributed by atoms with van der Waals surface area (Å²) < 4.78 is 10.8. The molecule has 1 saturated heterocycles. The summed E-state index contributed by atoms with van der Waals surface area (Å²) >= 11 is 0. The highest BCUT2D eigenvalue weighted by molar-refractivity contribution is 5.78. The van der Waals surface area contributed by atoms with Crippen LogP contribution in [-0.4, -0.2) is 66.1 Å². The van der Waals surface area contributed by atoms with E-state index in [2.05, 4.69) is 16.9 Å². The number of likely N-dealkylation sites (N-methyl/N-ethyl adjacent to an activating group) is 1. The highest BCUT2D eigenvalue weighted by atomic mass is 16.5. The second kappa shape index (κ2) is 8.78. The van der Waals surface area contributed by atoms with E-state index in [0.717, 1.165) is 48.8 Å². The number of hydrogen-bond acceptors (Lipinski definition) is 6. The average Bonchev–Trinajstić information content (AvgIpc) is 2.77. The molecule has 0 aliphatic carbocycles. The summed E-state index contributed by atoms with van der Waals surface area (Å²) in [6.45, 7) is 3.40. The summed E-state index contributed by atoms with van der Waals surface area (Å²) in [5.41, 5.74) is 2.13. The number of likely N-dealkylation sites (tertiary alicyclic amines) is 1. The van der Waals surface area contributed by atoms with Crippen LogP contribution in [0.3, 0.4) is 0 Å². The lowest BCUT2D eigenvalue weighted by molar-refractivity contribution is -0.134. The van der Waals surface area contributed by atoms with Crippen LogP contribution in [0.25, 0.3) is 0 Å². The Bertz CT molecular complexity index is 856. The minimum Gasteiger partial charge on any atom is -0.497 e. The molecular formula is C22H28N4O3. The highest BCUT2D eigenvalue weighted by Crippen LogP contribution is 2.26. The summed E-state index contributed by atoms with van der Waals surface area (Å²) in [7, 11) is 3.77. The molecule has 1 amide bonds. The molecule has 154 valence electrons. The van der Waals surface area contributed by atoms with Gasteiger partial charge in [-0.25, -0.2) is 9.97 Å². The SMILES string of the molecule is COc1ccc(OCC(=O)N2CCc3nc([C@@H]4CCCN(C)C4)ncc3C2)cc1. The van der Waals surface area contributed by atoms with Crippen molar-refractivity contribution in [1.82, 2.24) is 19.8 Å². The number of hydrogen-bond donors (Lipinski definition) is 0. The molecule has 0 N–H and O–H groups in total. The van der Waals surface area contributed by atoms with E-state index >= 15 is 0 Å². The van der Waals surface area contributed by atoms with Crippen molar-refractivity contribution < 1.29 is 14.3 Å². The maximum atomic E-state index is 12.6. The summed E-state index contributed by atoms with van der Waals surface area (Å²) in [5.74, 6) is 2.76. The summed E-state index contributed by atoms with van der Waals surface area (Å²) in [6, 6.07) is 7.23. The molecule has 29 heavy (non-hydrogen) atoms. The normalized spacial score (nSPS) is 19.5. The van der Waals surface area contributed by atoms with Crippen molar-refractivity contribution in [2.24, 2.45) is 0 Å². The van der Waals surface area contributed by atoms with Gasteiger partial charge < -0.3 is 19.3 Å². The zero-order valence-corrected chi connectivity index (χ0v) is 17.1. The first-order valence-electron chi connectivity index (χ1n) is 10.2. The number of aromatic nitrogens is 2. The standard InChI is InChI=1S/C22H28N4O3/c1-25-10-3-4-16(13-25)22-23-12-17-14-26(11-9-20(17)24-22)21(27)15-29-19-7-5-18(28-2)6-8-19/h5-8,12,16H,3-4,9-11,13-15H2,1-2H3/t16-/m1/s1. The molecule has 0 unspecified atom stereocenters. The summed E-state index contributed by atoms with van der Waals surface area (Å²) in [6.07, 6.45) is 5.02. The van der Waals surface area contributed by atoms with Crippen molar-refractivity contribution in [2.45, 2.75) is 31.7 Å². The zero-order valence-electron chi connectivity index (χ0n) is 17.1. The molecule has 1 aromatic carbocycles. The number of amides is 1. The third-order valence-corrected chi connectivity index (χ3v) is 5.72. The zero-order chi connectivity index (χ0) is 20.2. The molecule has 4 rings (SSSR count). The molecule has 0 spiro atoms. The van der Waals surface area contributed by atoms with E-state index in [-0.39, 0.29) is 12.5 Å². The number of methoxy groups -OCH3 is 1. The van der Waals surface area contributed by atoms with Crippen LogP contribution in [0.15, 0.2) is 30.5 Å². The van der Waals surface area contributed by atoms with E-state index in [9.17, 15) is 4.79 Å². The van der Waals surface area contributed by atoms with Gasteiger partial charge in [-0.1, -0.05) is 0 Å². The molecule has 1 fully saturated rings. The van der Waals surface area contributed by atoms with Crippen LogP contribution in [0, 0.1) is 0 Å². The summed E-state index contributed by atoms with van der Waals surface area (Å²) in [4.78, 5) is 26.2. The van der Waals surface area contributed by atoms with Crippen LogP contribution in [0.2, 0.25) is 0 Å². The minimum absolute atomic E-state index is 0.0228. The molecular weight excluding hydrogens is 368 g/mol. The van der Waals surface area contributed by atoms with Crippen LogP contribution in [0.5, 0.6) is 11.5 Å². The number of rotatable bonds is 5. The van der Waals surface area contributed by atoms with Crippen molar-refractivity contribution >= 4 is 5.91 Å². The first-order valence-corrected chi connectivity index (χ1v) is 10.2. The van der Waals surface area contributed by atoms with Gasteiger partial charge >= 0.3 is 0 Å². The Morgan fingerprint density at radius 3 is 2.76 bits per heavy atom. The lowest BCUT2D eigenvalue weighted by Gasteiger charge is -2.31. The van der Waals surface area contributed by atoms with Crippen molar-refractivity contribution in [2.75, 3.05) is 40.4 Å². The number of benzene rings is 1. The number of ether oxygens (including phenoxy) is 2. The number of piperidine rings is 1. The van der Waals surface area contributed by atoms with Gasteiger partial charge in [0.25, 0.3) is 5.91 Å². The van der Waals surface area contributed by atoms with Crippen LogP contribution in [0.1, 0.15) is 35.8 Å². The molecule has 1 aromatic heterocycles. The van der Waals surface area contributed by atoms with Crippen molar-refractivity contribution in [3.05, 3.63) is 47.5 Å². The molecule has 0 saturated carbocycles. The molecule has 2 aliphatic heterocycles. The maximum Gasteiger partial charge on any atom is 0.260 e. The Morgan fingerprint density at radius 1 is 1.21 bits per heavy atom. The average molecular weight is 396 g/mol. The van der Waals surface area contributed by atoms with Crippen LogP contribution >= 0.6 is 0 Å². The fourth-order valence-electron chi connectivity index (χ4n) is 4.03. The third kappa shape index (κ3) is 4.67. The second-order valence-electron chi connectivity index (χ2n) is 7.83. The Balaban J connectivity index is 1.34. The third-order valence-electron chi connectivity index (χ3n) is 5.72. The number of carbonyl (C=O) groups is 1. The topological polar surface area (TPSA) is 67.8 Å². The first kappa shape index (κ1) is 19.6. The largest absolute Gasteiger partial charge is 0.497 e. The fourth-order valence-corrected chi connectivity index (χ4v) is 4.03. The monoisotopic (exact) mass is 396 g/mol. The van der Waals surface area contributed by atoms with E-state index in [1.165, 1.54) is 6.42 Å². The van der Waals surface area contributed by atoms with Crippen LogP contribution in [0.4, 0.5) is 0 Å². The molecule has 7 heteroatoms. The number of carbonyl (C=O) groups excluding carboxylic acids is 1. The summed E-state index contributed by atoms with van der Waals surface area (Å²) in [5, 5.41) is 0. The molecule has 3 heterocycles. The van der Waals surface area contributed by atoms with Gasteiger partial charge in [0.2, 0.25) is 0 Å². The van der Waals surface area contributed by atoms with Gasteiger partial charge in [-0.05, 0) is 50.7 Å². The van der Waals surface area contributed by atoms with Crippen LogP contribution < -0.4 is 9.47 Å². The van der Waals surface area contributed by atoms with Gasteiger partial charge in [0.15, 0.2) is 6.61 Å². The van der Waals surface area contributed by atoms with Crippen molar-refractivity contribution in [3.8, 4) is 11.5 Å². The Kier molecular flexibility index (Phi) is 5.94. The lowest BCUT2D eigenvalue weighted by Crippen LogP contribution is -2.39. The van der Waals surface area contributed by atoms with Gasteiger partial charge in [-0.3, -0.25) is 4.79 Å². The van der Waals surface area contributed by atoms with Gasteiger partial charge in [0, 0.05) is 43.7 Å². The van der Waals surface area contributed by atoms with E-state index < -0.39 is 0 Å². The molecule has 1 atom stereocenters. The highest BCUT2D eigenvalue weighted by Gasteiger charge is 2.26. The van der Waals surface area contributed by atoms with E-state index in [0.29, 0.717) is 24.8 Å². The second-order valence-corrected chi connectivity index (χ2v) is 7.83. The molecule has 2 aliphatic rings. The number of nitrogens with zero attached hydrogens (tertiary/aromatic N) is 4. The Labute approximate surface area is 171 Å². The van der Waals surface area contributed by atoms with E-state index in [1.807, 2.05) is 23.2 Å². The van der Waals surface area contributed by atoms with Gasteiger partial charge in [-0.2, -0.15) is 0 Å². The Hall–Kier alpha value is -2.67. The van der Waals surface area contributed by atoms with Crippen molar-refractivity contribution in [3.63, 3.8) is 0 Å². The van der Waals surface area contributed by atoms with Gasteiger partial charge in [0.1, 0.15) is 17.3 Å². The van der Waals surface area contributed by atoms with E-state index in [1.54, 1.807) is 19.2 Å². The number of fused-ring (bicyclic) bond motifs is 1.